The minimum Gasteiger partial charge on any atom is -0.508 e. The van der Waals surface area contributed by atoms with Gasteiger partial charge in [-0.1, -0.05) is 12.1 Å². The van der Waals surface area contributed by atoms with E-state index in [0.29, 0.717) is 17.9 Å². The second kappa shape index (κ2) is 6.36. The summed E-state index contributed by atoms with van der Waals surface area (Å²) in [5, 5.41) is 9.91. The van der Waals surface area contributed by atoms with Crippen LogP contribution in [0.4, 0.5) is 0 Å². The lowest BCUT2D eigenvalue weighted by Gasteiger charge is -2.34. The van der Waals surface area contributed by atoms with Crippen LogP contribution in [0.15, 0.2) is 24.3 Å². The van der Waals surface area contributed by atoms with Crippen LogP contribution in [-0.2, 0) is 11.2 Å². The Morgan fingerprint density at radius 2 is 1.71 bits per heavy atom. The molecular formula is C20H24O4. The average Bonchev–Trinajstić information content (AvgIpc) is 2.57. The van der Waals surface area contributed by atoms with E-state index in [1.165, 1.54) is 16.7 Å². The van der Waals surface area contributed by atoms with Crippen molar-refractivity contribution in [1.29, 1.82) is 0 Å². The summed E-state index contributed by atoms with van der Waals surface area (Å²) in [5.74, 6) is 1.42. The Morgan fingerprint density at radius 1 is 1.04 bits per heavy atom. The monoisotopic (exact) mass is 328 g/mol. The topological polar surface area (TPSA) is 47.9 Å². The molecule has 4 nitrogen and oxygen atoms in total. The van der Waals surface area contributed by atoms with Gasteiger partial charge in [0.2, 0.25) is 0 Å². The molecule has 128 valence electrons. The molecule has 0 aliphatic carbocycles. The van der Waals surface area contributed by atoms with E-state index >= 15 is 0 Å². The number of aryl methyl sites for hydroxylation is 2. The van der Waals surface area contributed by atoms with Crippen LogP contribution in [0.5, 0.6) is 17.2 Å². The maximum Gasteiger partial charge on any atom is 0.150 e. The summed E-state index contributed by atoms with van der Waals surface area (Å²) in [4.78, 5) is 0. The molecule has 3 rings (SSSR count). The molecule has 1 aliphatic heterocycles. The van der Waals surface area contributed by atoms with Gasteiger partial charge < -0.3 is 19.3 Å². The molecule has 0 spiro atoms. The van der Waals surface area contributed by atoms with Crippen molar-refractivity contribution < 1.29 is 19.3 Å². The Balaban J connectivity index is 2.06. The number of hydrogen-bond donors (Lipinski definition) is 1. The first-order valence-electron chi connectivity index (χ1n) is 8.11. The minimum atomic E-state index is -0.216. The second-order valence-corrected chi connectivity index (χ2v) is 6.42. The first kappa shape index (κ1) is 16.7. The fraction of sp³-hybridized carbons (Fsp3) is 0.400. The lowest BCUT2D eigenvalue weighted by molar-refractivity contribution is -0.0121. The van der Waals surface area contributed by atoms with E-state index in [0.717, 1.165) is 11.1 Å². The molecule has 1 aliphatic rings. The highest BCUT2D eigenvalue weighted by Crippen LogP contribution is 2.43. The number of benzene rings is 2. The van der Waals surface area contributed by atoms with Crippen LogP contribution in [0, 0.1) is 20.8 Å². The zero-order valence-electron chi connectivity index (χ0n) is 14.8. The Labute approximate surface area is 143 Å². The normalized spacial score (nSPS) is 19.5. The average molecular weight is 328 g/mol. The summed E-state index contributed by atoms with van der Waals surface area (Å²) < 4.78 is 17.3. The number of fused-ring (bicyclic) bond motifs is 1. The van der Waals surface area contributed by atoms with Gasteiger partial charge in [0.15, 0.2) is 6.10 Å². The van der Waals surface area contributed by atoms with Crippen molar-refractivity contribution in [1.82, 2.24) is 0 Å². The number of aromatic hydroxyl groups is 1. The van der Waals surface area contributed by atoms with Gasteiger partial charge in [0.1, 0.15) is 23.4 Å². The highest BCUT2D eigenvalue weighted by molar-refractivity contribution is 5.52. The van der Waals surface area contributed by atoms with Crippen LogP contribution in [0.2, 0.25) is 0 Å². The number of hydrogen-bond acceptors (Lipinski definition) is 4. The van der Waals surface area contributed by atoms with Gasteiger partial charge in [-0.3, -0.25) is 0 Å². The summed E-state index contributed by atoms with van der Waals surface area (Å²) in [6.45, 7) is 6.35. The molecule has 0 radical (unpaired) electrons. The molecule has 2 aromatic carbocycles. The Hall–Kier alpha value is -2.20. The van der Waals surface area contributed by atoms with E-state index in [2.05, 4.69) is 32.9 Å². The van der Waals surface area contributed by atoms with Gasteiger partial charge in [-0.15, -0.1) is 0 Å². The van der Waals surface area contributed by atoms with Crippen LogP contribution in [-0.4, -0.2) is 25.4 Å². The van der Waals surface area contributed by atoms with Gasteiger partial charge in [0, 0.05) is 31.2 Å². The predicted molar refractivity (Wildman–Crippen MR) is 93.2 cm³/mol. The highest BCUT2D eigenvalue weighted by Gasteiger charge is 2.34. The number of rotatable bonds is 3. The SMILES string of the molecule is COc1cc(O)cc2c1CC(OC)C(c1cc(C)c(C)c(C)c1)O2. The lowest BCUT2D eigenvalue weighted by Crippen LogP contribution is -2.32. The van der Waals surface area contributed by atoms with E-state index < -0.39 is 0 Å². The summed E-state index contributed by atoms with van der Waals surface area (Å²) >= 11 is 0. The molecule has 4 heteroatoms. The molecule has 0 saturated carbocycles. The van der Waals surface area contributed by atoms with Crippen molar-refractivity contribution in [2.75, 3.05) is 14.2 Å². The van der Waals surface area contributed by atoms with Gasteiger partial charge in [0.25, 0.3) is 0 Å². The molecule has 2 unspecified atom stereocenters. The zero-order chi connectivity index (χ0) is 17.4. The molecule has 1 heterocycles. The smallest absolute Gasteiger partial charge is 0.150 e. The Bertz CT molecular complexity index is 743. The molecule has 0 fully saturated rings. The van der Waals surface area contributed by atoms with Gasteiger partial charge in [0.05, 0.1) is 7.11 Å². The fourth-order valence-corrected chi connectivity index (χ4v) is 3.34. The number of phenolic OH excluding ortho intramolecular Hbond substituents is 1. The van der Waals surface area contributed by atoms with Crippen molar-refractivity contribution in [3.8, 4) is 17.2 Å². The van der Waals surface area contributed by atoms with Gasteiger partial charge in [-0.2, -0.15) is 0 Å². The van der Waals surface area contributed by atoms with Crippen LogP contribution in [0.25, 0.3) is 0 Å². The van der Waals surface area contributed by atoms with Crippen molar-refractivity contribution >= 4 is 0 Å². The predicted octanol–water partition coefficient (Wildman–Crippen LogP) is 4.02. The number of methoxy groups -OCH3 is 2. The maximum atomic E-state index is 9.91. The highest BCUT2D eigenvalue weighted by atomic mass is 16.5. The van der Waals surface area contributed by atoms with E-state index in [1.54, 1.807) is 26.4 Å². The molecule has 24 heavy (non-hydrogen) atoms. The number of ether oxygens (including phenoxy) is 3. The summed E-state index contributed by atoms with van der Waals surface area (Å²) in [6, 6.07) is 7.56. The quantitative estimate of drug-likeness (QED) is 0.924. The van der Waals surface area contributed by atoms with Crippen LogP contribution < -0.4 is 9.47 Å². The van der Waals surface area contributed by atoms with Crippen molar-refractivity contribution in [2.45, 2.75) is 39.4 Å². The summed E-state index contributed by atoms with van der Waals surface area (Å²) in [6.07, 6.45) is 0.343. The molecule has 0 aromatic heterocycles. The van der Waals surface area contributed by atoms with E-state index in [4.69, 9.17) is 14.2 Å². The minimum absolute atomic E-state index is 0.113. The van der Waals surface area contributed by atoms with Crippen molar-refractivity contribution in [3.63, 3.8) is 0 Å². The molecule has 1 N–H and O–H groups in total. The standard InChI is InChI=1S/C20H24O4/c1-11-6-14(7-12(2)13(11)3)20-19(23-5)10-16-17(22-4)8-15(21)9-18(16)24-20/h6-9,19-21H,10H2,1-5H3. The number of phenols is 1. The van der Waals surface area contributed by atoms with E-state index in [-0.39, 0.29) is 18.0 Å². The molecule has 0 saturated heterocycles. The second-order valence-electron chi connectivity index (χ2n) is 6.42. The van der Waals surface area contributed by atoms with Crippen LogP contribution >= 0.6 is 0 Å². The Morgan fingerprint density at radius 3 is 2.29 bits per heavy atom. The first-order chi connectivity index (χ1) is 11.4. The zero-order valence-corrected chi connectivity index (χ0v) is 14.8. The maximum absolute atomic E-state index is 9.91. The Kier molecular flexibility index (Phi) is 4.41. The van der Waals surface area contributed by atoms with Gasteiger partial charge in [-0.05, 0) is 43.0 Å². The van der Waals surface area contributed by atoms with E-state index in [9.17, 15) is 5.11 Å². The molecule has 2 atom stereocenters. The molecule has 0 bridgehead atoms. The molecular weight excluding hydrogens is 304 g/mol. The van der Waals surface area contributed by atoms with Crippen molar-refractivity contribution in [3.05, 3.63) is 52.1 Å². The van der Waals surface area contributed by atoms with Gasteiger partial charge >= 0.3 is 0 Å². The first-order valence-corrected chi connectivity index (χ1v) is 8.11. The summed E-state index contributed by atoms with van der Waals surface area (Å²) in [5.41, 5.74) is 5.79. The largest absolute Gasteiger partial charge is 0.508 e. The third-order valence-electron chi connectivity index (χ3n) is 4.95. The van der Waals surface area contributed by atoms with Crippen LogP contribution in [0.1, 0.15) is 33.9 Å². The van der Waals surface area contributed by atoms with Crippen molar-refractivity contribution in [2.24, 2.45) is 0 Å². The lowest BCUT2D eigenvalue weighted by atomic mass is 9.91. The van der Waals surface area contributed by atoms with Gasteiger partial charge in [-0.25, -0.2) is 0 Å². The molecule has 0 amide bonds. The fourth-order valence-electron chi connectivity index (χ4n) is 3.34. The van der Waals surface area contributed by atoms with Crippen LogP contribution in [0.3, 0.4) is 0 Å². The molecule has 2 aromatic rings. The van der Waals surface area contributed by atoms with E-state index in [1.807, 2.05) is 0 Å². The summed E-state index contributed by atoms with van der Waals surface area (Å²) in [7, 11) is 3.29. The third kappa shape index (κ3) is 2.82. The third-order valence-corrected chi connectivity index (χ3v) is 4.95.